The van der Waals surface area contributed by atoms with Crippen molar-refractivity contribution in [1.82, 2.24) is 4.98 Å². The standard InChI is InChI=1S/C16H6F6N2OS2/c17-15(18,19)11-3-1-9(26-11)8-5-7(6-23)14(25)13(24-8)10-2-4-12(27-10)16(20,21)22/h1-5,25H. The first-order chi connectivity index (χ1) is 12.5. The Kier molecular flexibility index (Phi) is 4.65. The van der Waals surface area contributed by atoms with E-state index in [2.05, 4.69) is 4.98 Å². The van der Waals surface area contributed by atoms with Gasteiger partial charge in [-0.1, -0.05) is 0 Å². The summed E-state index contributed by atoms with van der Waals surface area (Å²) in [6.45, 7) is 0. The van der Waals surface area contributed by atoms with Gasteiger partial charge in [-0.3, -0.25) is 0 Å². The van der Waals surface area contributed by atoms with Gasteiger partial charge in [0.1, 0.15) is 21.5 Å². The Labute approximate surface area is 155 Å². The zero-order valence-corrected chi connectivity index (χ0v) is 14.4. The van der Waals surface area contributed by atoms with Gasteiger partial charge in [-0.25, -0.2) is 4.98 Å². The third-order valence-electron chi connectivity index (χ3n) is 3.37. The molecule has 3 heterocycles. The second kappa shape index (κ2) is 6.54. The lowest BCUT2D eigenvalue weighted by Gasteiger charge is -2.07. The van der Waals surface area contributed by atoms with Crippen molar-refractivity contribution in [1.29, 1.82) is 5.26 Å². The first-order valence-electron chi connectivity index (χ1n) is 6.99. The Balaban J connectivity index is 2.14. The number of pyridine rings is 1. The molecule has 3 nitrogen and oxygen atoms in total. The third-order valence-corrected chi connectivity index (χ3v) is 5.66. The van der Waals surface area contributed by atoms with Crippen LogP contribution >= 0.6 is 22.7 Å². The monoisotopic (exact) mass is 420 g/mol. The minimum Gasteiger partial charge on any atom is -0.504 e. The number of aromatic nitrogens is 1. The number of halogens is 6. The van der Waals surface area contributed by atoms with Crippen LogP contribution in [0.3, 0.4) is 0 Å². The molecule has 0 aromatic carbocycles. The molecule has 0 atom stereocenters. The van der Waals surface area contributed by atoms with Crippen LogP contribution in [0.5, 0.6) is 5.75 Å². The van der Waals surface area contributed by atoms with Crippen molar-refractivity contribution in [2.75, 3.05) is 0 Å². The average Bonchev–Trinajstić information content (AvgIpc) is 3.23. The number of nitrogens with zero attached hydrogens (tertiary/aromatic N) is 2. The largest absolute Gasteiger partial charge is 0.504 e. The number of aromatic hydroxyl groups is 1. The van der Waals surface area contributed by atoms with Crippen LogP contribution in [0.1, 0.15) is 15.3 Å². The van der Waals surface area contributed by atoms with E-state index in [1.165, 1.54) is 0 Å². The van der Waals surface area contributed by atoms with Crippen molar-refractivity contribution < 1.29 is 31.4 Å². The van der Waals surface area contributed by atoms with E-state index in [-0.39, 0.29) is 26.7 Å². The number of nitriles is 1. The molecule has 0 aliphatic carbocycles. The van der Waals surface area contributed by atoms with Crippen molar-refractivity contribution in [3.8, 4) is 33.0 Å². The lowest BCUT2D eigenvalue weighted by atomic mass is 10.1. The van der Waals surface area contributed by atoms with E-state index >= 15 is 0 Å². The highest BCUT2D eigenvalue weighted by molar-refractivity contribution is 7.16. The van der Waals surface area contributed by atoms with Crippen LogP contribution in [0.2, 0.25) is 0 Å². The minimum atomic E-state index is -4.59. The van der Waals surface area contributed by atoms with Crippen LogP contribution in [-0.2, 0) is 12.4 Å². The van der Waals surface area contributed by atoms with Crippen LogP contribution < -0.4 is 0 Å². The molecule has 0 saturated carbocycles. The Morgan fingerprint density at radius 1 is 0.889 bits per heavy atom. The van der Waals surface area contributed by atoms with E-state index in [1.807, 2.05) is 0 Å². The van der Waals surface area contributed by atoms with Gasteiger partial charge in [-0.05, 0) is 30.3 Å². The fourth-order valence-corrected chi connectivity index (χ4v) is 3.86. The molecule has 11 heteroatoms. The van der Waals surface area contributed by atoms with E-state index in [0.717, 1.165) is 30.3 Å². The lowest BCUT2D eigenvalue weighted by molar-refractivity contribution is -0.135. The summed E-state index contributed by atoms with van der Waals surface area (Å²) in [7, 11) is 0. The van der Waals surface area contributed by atoms with Crippen LogP contribution in [0.4, 0.5) is 26.3 Å². The topological polar surface area (TPSA) is 56.9 Å². The van der Waals surface area contributed by atoms with E-state index in [1.54, 1.807) is 6.07 Å². The molecule has 0 fully saturated rings. The third kappa shape index (κ3) is 3.77. The van der Waals surface area contributed by atoms with Gasteiger partial charge in [0.25, 0.3) is 0 Å². The van der Waals surface area contributed by atoms with E-state index in [4.69, 9.17) is 5.26 Å². The molecular weight excluding hydrogens is 414 g/mol. The maximum absolute atomic E-state index is 12.8. The van der Waals surface area contributed by atoms with Crippen molar-refractivity contribution in [3.63, 3.8) is 0 Å². The first kappa shape index (κ1) is 19.2. The number of alkyl halides is 6. The lowest BCUT2D eigenvalue weighted by Crippen LogP contribution is -2.00. The van der Waals surface area contributed by atoms with Gasteiger partial charge >= 0.3 is 12.4 Å². The fourth-order valence-electron chi connectivity index (χ4n) is 2.17. The molecule has 0 unspecified atom stereocenters. The minimum absolute atomic E-state index is 0.0539. The summed E-state index contributed by atoms with van der Waals surface area (Å²) in [6.07, 6.45) is -9.15. The molecule has 0 bridgehead atoms. The van der Waals surface area contributed by atoms with Crippen LogP contribution in [0.15, 0.2) is 30.3 Å². The molecular formula is C16H6F6N2OS2. The molecule has 0 spiro atoms. The Bertz CT molecular complexity index is 1040. The van der Waals surface area contributed by atoms with Crippen LogP contribution in [0, 0.1) is 11.3 Å². The molecule has 3 rings (SSSR count). The molecule has 0 aliphatic heterocycles. The molecule has 0 aliphatic rings. The smallest absolute Gasteiger partial charge is 0.425 e. The molecule has 3 aromatic heterocycles. The van der Waals surface area contributed by atoms with Gasteiger partial charge in [0.05, 0.1) is 21.0 Å². The zero-order chi connectivity index (χ0) is 20.0. The van der Waals surface area contributed by atoms with E-state index in [0.29, 0.717) is 22.7 Å². The first-order valence-corrected chi connectivity index (χ1v) is 8.63. The molecule has 0 saturated heterocycles. The molecule has 140 valence electrons. The zero-order valence-electron chi connectivity index (χ0n) is 12.8. The summed E-state index contributed by atoms with van der Waals surface area (Å²) < 4.78 is 76.7. The summed E-state index contributed by atoms with van der Waals surface area (Å²) >= 11 is 0.682. The van der Waals surface area contributed by atoms with Crippen molar-refractivity contribution in [2.45, 2.75) is 12.4 Å². The summed E-state index contributed by atoms with van der Waals surface area (Å²) in [5.41, 5.74) is -0.660. The molecule has 27 heavy (non-hydrogen) atoms. The number of hydrogen-bond acceptors (Lipinski definition) is 5. The Morgan fingerprint density at radius 3 is 1.89 bits per heavy atom. The summed E-state index contributed by atoms with van der Waals surface area (Å²) in [5.74, 6) is -0.635. The second-order valence-corrected chi connectivity index (χ2v) is 7.35. The quantitative estimate of drug-likeness (QED) is 0.506. The van der Waals surface area contributed by atoms with Crippen molar-refractivity contribution >= 4 is 22.7 Å². The normalized spacial score (nSPS) is 12.2. The molecule has 0 radical (unpaired) electrons. The van der Waals surface area contributed by atoms with Gasteiger partial charge < -0.3 is 5.11 Å². The maximum Gasteiger partial charge on any atom is 0.425 e. The summed E-state index contributed by atoms with van der Waals surface area (Å²) in [6, 6.07) is 6.62. The van der Waals surface area contributed by atoms with Gasteiger partial charge in [0.2, 0.25) is 0 Å². The van der Waals surface area contributed by atoms with Crippen molar-refractivity contribution in [3.05, 3.63) is 45.6 Å². The predicted octanol–water partition coefficient (Wildman–Crippen LogP) is 6.15. The van der Waals surface area contributed by atoms with Gasteiger partial charge in [-0.2, -0.15) is 31.6 Å². The Hall–Kier alpha value is -2.58. The van der Waals surface area contributed by atoms with Crippen molar-refractivity contribution in [2.24, 2.45) is 0 Å². The summed E-state index contributed by atoms with van der Waals surface area (Å²) in [5, 5.41) is 19.3. The van der Waals surface area contributed by atoms with E-state index in [9.17, 15) is 31.4 Å². The molecule has 1 N–H and O–H groups in total. The average molecular weight is 420 g/mol. The highest BCUT2D eigenvalue weighted by Crippen LogP contribution is 2.43. The predicted molar refractivity (Wildman–Crippen MR) is 87.2 cm³/mol. The van der Waals surface area contributed by atoms with Gasteiger partial charge in [0.15, 0.2) is 5.75 Å². The number of thiophene rings is 2. The van der Waals surface area contributed by atoms with E-state index < -0.39 is 27.9 Å². The van der Waals surface area contributed by atoms with Gasteiger partial charge in [-0.15, -0.1) is 22.7 Å². The van der Waals surface area contributed by atoms with Crippen LogP contribution in [0.25, 0.3) is 21.1 Å². The highest BCUT2D eigenvalue weighted by Gasteiger charge is 2.34. The van der Waals surface area contributed by atoms with Crippen LogP contribution in [-0.4, -0.2) is 10.1 Å². The fraction of sp³-hybridized carbons (Fsp3) is 0.125. The van der Waals surface area contributed by atoms with Gasteiger partial charge in [0, 0.05) is 0 Å². The Morgan fingerprint density at radius 2 is 1.41 bits per heavy atom. The highest BCUT2D eigenvalue weighted by atomic mass is 32.1. The molecule has 3 aromatic rings. The number of hydrogen-bond donors (Lipinski definition) is 1. The summed E-state index contributed by atoms with van der Waals surface area (Å²) in [4.78, 5) is 2.18. The number of rotatable bonds is 2. The SMILES string of the molecule is N#Cc1cc(-c2ccc(C(F)(F)F)s2)nc(-c2ccc(C(F)(F)F)s2)c1O. The molecule has 0 amide bonds. The second-order valence-electron chi connectivity index (χ2n) is 5.19. The maximum atomic E-state index is 12.8.